The van der Waals surface area contributed by atoms with Crippen LogP contribution in [0.5, 0.6) is 0 Å². The number of hydrogen-bond acceptors (Lipinski definition) is 1. The van der Waals surface area contributed by atoms with Crippen molar-refractivity contribution in [3.63, 3.8) is 0 Å². The van der Waals surface area contributed by atoms with Crippen LogP contribution >= 0.6 is 27.5 Å². The molecule has 0 heterocycles. The third-order valence-electron chi connectivity index (χ3n) is 2.10. The molecule has 76 valence electrons. The Morgan fingerprint density at radius 3 is 2.71 bits per heavy atom. The fraction of sp³-hybridized carbons (Fsp3) is 0.364. The second kappa shape index (κ2) is 4.94. The summed E-state index contributed by atoms with van der Waals surface area (Å²) < 4.78 is 0.975. The quantitative estimate of drug-likeness (QED) is 0.605. The fourth-order valence-corrected chi connectivity index (χ4v) is 2.13. The minimum absolute atomic E-state index is 0.00943. The maximum atomic E-state index is 11.7. The van der Waals surface area contributed by atoms with E-state index in [9.17, 15) is 4.79 Å². The number of Topliss-reactive ketones (excluding diaryl/α,β-unsaturated/α-hetero) is 1. The second-order valence-corrected chi connectivity index (χ2v) is 4.61. The number of carbonyl (C=O) groups excluding carboxylic acids is 1. The van der Waals surface area contributed by atoms with Gasteiger partial charge in [-0.25, -0.2) is 0 Å². The van der Waals surface area contributed by atoms with Crippen LogP contribution in [-0.2, 0) is 6.42 Å². The number of benzene rings is 1. The summed E-state index contributed by atoms with van der Waals surface area (Å²) >= 11 is 9.21. The molecule has 3 heteroatoms. The van der Waals surface area contributed by atoms with E-state index in [0.717, 1.165) is 22.0 Å². The molecule has 0 fully saturated rings. The molecule has 1 nitrogen and oxygen atoms in total. The maximum absolute atomic E-state index is 11.7. The number of hydrogen-bond donors (Lipinski definition) is 0. The van der Waals surface area contributed by atoms with Crippen LogP contribution in [0, 0.1) is 0 Å². The van der Waals surface area contributed by atoms with Crippen molar-refractivity contribution >= 4 is 33.3 Å². The molecule has 0 spiro atoms. The van der Waals surface area contributed by atoms with E-state index >= 15 is 0 Å². The molecular formula is C11H12BrClO. The van der Waals surface area contributed by atoms with Gasteiger partial charge in [-0.15, -0.1) is 11.6 Å². The van der Waals surface area contributed by atoms with Gasteiger partial charge in [-0.05, 0) is 25.0 Å². The molecule has 1 atom stereocenters. The Balaban J connectivity index is 3.20. The Kier molecular flexibility index (Phi) is 4.14. The topological polar surface area (TPSA) is 17.1 Å². The first kappa shape index (κ1) is 11.7. The van der Waals surface area contributed by atoms with E-state index in [4.69, 9.17) is 11.6 Å². The first-order valence-electron chi connectivity index (χ1n) is 4.53. The lowest BCUT2D eigenvalue weighted by Gasteiger charge is -2.09. The first-order chi connectivity index (χ1) is 6.57. The summed E-state index contributed by atoms with van der Waals surface area (Å²) in [6.07, 6.45) is 0.826. The van der Waals surface area contributed by atoms with Gasteiger partial charge in [0.25, 0.3) is 0 Å². The molecule has 0 aliphatic rings. The molecule has 0 bridgehead atoms. The molecule has 1 aromatic rings. The molecule has 0 radical (unpaired) electrons. The van der Waals surface area contributed by atoms with Crippen LogP contribution < -0.4 is 0 Å². The summed E-state index contributed by atoms with van der Waals surface area (Å²) in [5.41, 5.74) is 1.76. The van der Waals surface area contributed by atoms with Crippen LogP contribution in [0.15, 0.2) is 22.7 Å². The average molecular weight is 276 g/mol. The van der Waals surface area contributed by atoms with Crippen LogP contribution in [0.2, 0.25) is 0 Å². The van der Waals surface area contributed by atoms with Crippen LogP contribution in [0.3, 0.4) is 0 Å². The van der Waals surface area contributed by atoms with E-state index in [0.29, 0.717) is 0 Å². The standard InChI is InChI=1S/C11H12BrClO/c1-3-8-9(11(14)7(2)13)5-4-6-10(8)12/h4-7H,3H2,1-2H3. The van der Waals surface area contributed by atoms with E-state index in [1.807, 2.05) is 25.1 Å². The van der Waals surface area contributed by atoms with Gasteiger partial charge in [0.05, 0.1) is 5.38 Å². The van der Waals surface area contributed by atoms with Crippen molar-refractivity contribution in [1.82, 2.24) is 0 Å². The monoisotopic (exact) mass is 274 g/mol. The van der Waals surface area contributed by atoms with Crippen molar-refractivity contribution in [1.29, 1.82) is 0 Å². The second-order valence-electron chi connectivity index (χ2n) is 3.10. The Labute approximate surface area is 97.6 Å². The third-order valence-corrected chi connectivity index (χ3v) is 3.04. The van der Waals surface area contributed by atoms with Gasteiger partial charge < -0.3 is 0 Å². The third kappa shape index (κ3) is 2.37. The van der Waals surface area contributed by atoms with Crippen LogP contribution in [0.25, 0.3) is 0 Å². The van der Waals surface area contributed by atoms with Gasteiger partial charge in [-0.1, -0.05) is 35.0 Å². The Morgan fingerprint density at radius 2 is 2.21 bits per heavy atom. The van der Waals surface area contributed by atoms with Crippen LogP contribution in [-0.4, -0.2) is 11.2 Å². The van der Waals surface area contributed by atoms with E-state index < -0.39 is 5.38 Å². The minimum Gasteiger partial charge on any atom is -0.293 e. The van der Waals surface area contributed by atoms with Crippen LogP contribution in [0.4, 0.5) is 0 Å². The average Bonchev–Trinajstić information content (AvgIpc) is 2.16. The fourth-order valence-electron chi connectivity index (χ4n) is 1.36. The predicted molar refractivity (Wildman–Crippen MR) is 63.2 cm³/mol. The smallest absolute Gasteiger partial charge is 0.180 e. The molecule has 14 heavy (non-hydrogen) atoms. The Morgan fingerprint density at radius 1 is 1.57 bits per heavy atom. The zero-order chi connectivity index (χ0) is 10.7. The van der Waals surface area contributed by atoms with Gasteiger partial charge in [0, 0.05) is 10.0 Å². The SMILES string of the molecule is CCc1c(Br)cccc1C(=O)C(C)Cl. The molecule has 0 saturated heterocycles. The van der Waals surface area contributed by atoms with Gasteiger partial charge in [0.15, 0.2) is 5.78 Å². The number of alkyl halides is 1. The molecule has 0 saturated carbocycles. The van der Waals surface area contributed by atoms with E-state index in [1.54, 1.807) is 6.92 Å². The molecule has 0 amide bonds. The Hall–Kier alpha value is -0.340. The lowest BCUT2D eigenvalue weighted by Crippen LogP contribution is -2.13. The van der Waals surface area contributed by atoms with Gasteiger partial charge >= 0.3 is 0 Å². The van der Waals surface area contributed by atoms with E-state index in [-0.39, 0.29) is 5.78 Å². The van der Waals surface area contributed by atoms with Crippen molar-refractivity contribution in [2.75, 3.05) is 0 Å². The van der Waals surface area contributed by atoms with Gasteiger partial charge in [-0.2, -0.15) is 0 Å². The molecule has 1 aromatic carbocycles. The highest BCUT2D eigenvalue weighted by molar-refractivity contribution is 9.10. The number of carbonyl (C=O) groups is 1. The summed E-state index contributed by atoms with van der Waals surface area (Å²) in [5.74, 6) is -0.00943. The minimum atomic E-state index is -0.463. The lowest BCUT2D eigenvalue weighted by molar-refractivity contribution is 0.0991. The van der Waals surface area contributed by atoms with Gasteiger partial charge in [-0.3, -0.25) is 4.79 Å². The van der Waals surface area contributed by atoms with Crippen LogP contribution in [0.1, 0.15) is 29.8 Å². The van der Waals surface area contributed by atoms with E-state index in [1.165, 1.54) is 0 Å². The van der Waals surface area contributed by atoms with Crippen molar-refractivity contribution in [3.8, 4) is 0 Å². The zero-order valence-electron chi connectivity index (χ0n) is 8.18. The van der Waals surface area contributed by atoms with Gasteiger partial charge in [0.2, 0.25) is 0 Å². The molecule has 0 aliphatic carbocycles. The number of rotatable bonds is 3. The first-order valence-corrected chi connectivity index (χ1v) is 5.76. The largest absolute Gasteiger partial charge is 0.293 e. The van der Waals surface area contributed by atoms with Crippen molar-refractivity contribution in [2.24, 2.45) is 0 Å². The molecular weight excluding hydrogens is 263 g/mol. The molecule has 0 aromatic heterocycles. The molecule has 1 unspecified atom stereocenters. The Bertz CT molecular complexity index is 347. The normalized spacial score (nSPS) is 12.6. The predicted octanol–water partition coefficient (Wildman–Crippen LogP) is 3.82. The van der Waals surface area contributed by atoms with Crippen molar-refractivity contribution in [3.05, 3.63) is 33.8 Å². The molecule has 0 N–H and O–H groups in total. The zero-order valence-corrected chi connectivity index (χ0v) is 10.5. The summed E-state index contributed by atoms with van der Waals surface area (Å²) in [6, 6.07) is 5.62. The molecule has 1 rings (SSSR count). The highest BCUT2D eigenvalue weighted by Crippen LogP contribution is 2.23. The summed E-state index contributed by atoms with van der Waals surface area (Å²) in [4.78, 5) is 11.7. The molecule has 0 aliphatic heterocycles. The highest BCUT2D eigenvalue weighted by atomic mass is 79.9. The summed E-state index contributed by atoms with van der Waals surface area (Å²) in [5, 5.41) is -0.463. The van der Waals surface area contributed by atoms with Crippen molar-refractivity contribution < 1.29 is 4.79 Å². The number of ketones is 1. The van der Waals surface area contributed by atoms with Crippen molar-refractivity contribution in [2.45, 2.75) is 25.6 Å². The summed E-state index contributed by atoms with van der Waals surface area (Å²) in [7, 11) is 0. The highest BCUT2D eigenvalue weighted by Gasteiger charge is 2.16. The lowest BCUT2D eigenvalue weighted by atomic mass is 10.0. The van der Waals surface area contributed by atoms with E-state index in [2.05, 4.69) is 15.9 Å². The summed E-state index contributed by atoms with van der Waals surface area (Å²) in [6.45, 7) is 3.72. The number of halogens is 2. The maximum Gasteiger partial charge on any atom is 0.180 e. The van der Waals surface area contributed by atoms with Gasteiger partial charge in [0.1, 0.15) is 0 Å².